The Balaban J connectivity index is 1.80. The van der Waals surface area contributed by atoms with E-state index in [1.807, 2.05) is 23.1 Å². The number of nitrogens with zero attached hydrogens (tertiary/aromatic N) is 2. The molecular formula is C13H17BrN2O2. The molecule has 0 N–H and O–H groups in total. The molecule has 2 heterocycles. The predicted molar refractivity (Wildman–Crippen MR) is 72.9 cm³/mol. The van der Waals surface area contributed by atoms with Crippen molar-refractivity contribution in [2.75, 3.05) is 18.4 Å². The first kappa shape index (κ1) is 13.3. The molecule has 1 aromatic rings. The van der Waals surface area contributed by atoms with Gasteiger partial charge in [0.15, 0.2) is 0 Å². The Bertz CT molecular complexity index is 386. The Kier molecular flexibility index (Phi) is 4.99. The van der Waals surface area contributed by atoms with Gasteiger partial charge in [-0.1, -0.05) is 22.0 Å². The quantitative estimate of drug-likeness (QED) is 0.783. The molecule has 1 amide bonds. The van der Waals surface area contributed by atoms with E-state index in [-0.39, 0.29) is 12.0 Å². The number of aromatic nitrogens is 1. The average Bonchev–Trinajstić information content (AvgIpc) is 2.86. The van der Waals surface area contributed by atoms with Crippen LogP contribution in [0.4, 0.5) is 0 Å². The lowest BCUT2D eigenvalue weighted by Crippen LogP contribution is -2.30. The van der Waals surface area contributed by atoms with Gasteiger partial charge in [-0.3, -0.25) is 4.79 Å². The van der Waals surface area contributed by atoms with Crippen molar-refractivity contribution in [1.29, 1.82) is 0 Å². The monoisotopic (exact) mass is 312 g/mol. The zero-order valence-electron chi connectivity index (χ0n) is 10.2. The van der Waals surface area contributed by atoms with Crippen LogP contribution in [0.25, 0.3) is 0 Å². The van der Waals surface area contributed by atoms with Crippen LogP contribution in [0.15, 0.2) is 24.4 Å². The Labute approximate surface area is 115 Å². The van der Waals surface area contributed by atoms with E-state index >= 15 is 0 Å². The number of alkyl halides is 1. The van der Waals surface area contributed by atoms with Crippen LogP contribution in [0.1, 0.15) is 19.3 Å². The van der Waals surface area contributed by atoms with Crippen LogP contribution < -0.4 is 4.74 Å². The standard InChI is InChI=1S/C13H17BrN2O2/c14-7-3-5-13(17)16-9-6-11(10-16)18-12-4-1-2-8-15-12/h1-2,4,8,11H,3,5-7,9-10H2. The topological polar surface area (TPSA) is 42.4 Å². The van der Waals surface area contributed by atoms with Gasteiger partial charge in [-0.2, -0.15) is 0 Å². The lowest BCUT2D eigenvalue weighted by Gasteiger charge is -2.16. The van der Waals surface area contributed by atoms with Gasteiger partial charge in [-0.25, -0.2) is 4.98 Å². The Morgan fingerprint density at radius 3 is 3.17 bits per heavy atom. The van der Waals surface area contributed by atoms with Crippen LogP contribution in [0.3, 0.4) is 0 Å². The zero-order chi connectivity index (χ0) is 12.8. The van der Waals surface area contributed by atoms with Gasteiger partial charge in [-0.15, -0.1) is 0 Å². The number of amides is 1. The highest BCUT2D eigenvalue weighted by molar-refractivity contribution is 9.09. The summed E-state index contributed by atoms with van der Waals surface area (Å²) in [5, 5.41) is 0.875. The Morgan fingerprint density at radius 2 is 2.44 bits per heavy atom. The smallest absolute Gasteiger partial charge is 0.222 e. The number of rotatable bonds is 5. The summed E-state index contributed by atoms with van der Waals surface area (Å²) in [7, 11) is 0. The maximum Gasteiger partial charge on any atom is 0.222 e. The van der Waals surface area contributed by atoms with Gasteiger partial charge >= 0.3 is 0 Å². The summed E-state index contributed by atoms with van der Waals surface area (Å²) in [5.41, 5.74) is 0. The summed E-state index contributed by atoms with van der Waals surface area (Å²) in [6.45, 7) is 1.47. The van der Waals surface area contributed by atoms with Crippen LogP contribution in [-0.4, -0.2) is 40.3 Å². The minimum atomic E-state index is 0.0767. The summed E-state index contributed by atoms with van der Waals surface area (Å²) in [6.07, 6.45) is 4.18. The molecule has 1 unspecified atom stereocenters. The van der Waals surface area contributed by atoms with Gasteiger partial charge in [0.2, 0.25) is 11.8 Å². The van der Waals surface area contributed by atoms with Gasteiger partial charge in [0, 0.05) is 37.0 Å². The molecule has 0 bridgehead atoms. The van der Waals surface area contributed by atoms with E-state index in [1.165, 1.54) is 0 Å². The highest BCUT2D eigenvalue weighted by atomic mass is 79.9. The fraction of sp³-hybridized carbons (Fsp3) is 0.538. The minimum Gasteiger partial charge on any atom is -0.472 e. The average molecular weight is 313 g/mol. The third-order valence-electron chi connectivity index (χ3n) is 2.95. The summed E-state index contributed by atoms with van der Waals surface area (Å²) >= 11 is 3.34. The molecule has 98 valence electrons. The molecule has 0 spiro atoms. The second-order valence-corrected chi connectivity index (χ2v) is 5.12. The summed E-state index contributed by atoms with van der Waals surface area (Å²) in [5.74, 6) is 0.860. The molecule has 0 radical (unpaired) electrons. The Hall–Kier alpha value is -1.10. The first-order valence-corrected chi connectivity index (χ1v) is 7.33. The summed E-state index contributed by atoms with van der Waals surface area (Å²) in [4.78, 5) is 17.9. The lowest BCUT2D eigenvalue weighted by atomic mass is 10.3. The molecule has 0 saturated carbocycles. The predicted octanol–water partition coefficient (Wildman–Crippen LogP) is 2.24. The number of carbonyl (C=O) groups excluding carboxylic acids is 1. The second kappa shape index (κ2) is 6.73. The van der Waals surface area contributed by atoms with Crippen molar-refractivity contribution in [3.05, 3.63) is 24.4 Å². The van der Waals surface area contributed by atoms with E-state index < -0.39 is 0 Å². The number of halogens is 1. The maximum absolute atomic E-state index is 11.8. The number of hydrogen-bond donors (Lipinski definition) is 0. The van der Waals surface area contributed by atoms with Crippen LogP contribution in [0.2, 0.25) is 0 Å². The van der Waals surface area contributed by atoms with Gasteiger partial charge in [0.25, 0.3) is 0 Å². The van der Waals surface area contributed by atoms with Crippen molar-refractivity contribution in [2.45, 2.75) is 25.4 Å². The van der Waals surface area contributed by atoms with E-state index in [4.69, 9.17) is 4.74 Å². The molecule has 1 aliphatic rings. The zero-order valence-corrected chi connectivity index (χ0v) is 11.8. The molecule has 1 saturated heterocycles. The summed E-state index contributed by atoms with van der Waals surface area (Å²) < 4.78 is 5.75. The molecule has 2 rings (SSSR count). The largest absolute Gasteiger partial charge is 0.472 e. The number of ether oxygens (including phenoxy) is 1. The second-order valence-electron chi connectivity index (χ2n) is 4.33. The highest BCUT2D eigenvalue weighted by Crippen LogP contribution is 2.17. The molecule has 4 nitrogen and oxygen atoms in total. The van der Waals surface area contributed by atoms with Crippen molar-refractivity contribution in [1.82, 2.24) is 9.88 Å². The van der Waals surface area contributed by atoms with Crippen LogP contribution in [0, 0.1) is 0 Å². The summed E-state index contributed by atoms with van der Waals surface area (Å²) in [6, 6.07) is 5.60. The van der Waals surface area contributed by atoms with Gasteiger partial charge in [0.05, 0.1) is 6.54 Å². The van der Waals surface area contributed by atoms with Crippen LogP contribution in [0.5, 0.6) is 5.88 Å². The van der Waals surface area contributed by atoms with Crippen LogP contribution >= 0.6 is 15.9 Å². The van der Waals surface area contributed by atoms with Crippen molar-refractivity contribution >= 4 is 21.8 Å². The first-order valence-electron chi connectivity index (χ1n) is 6.21. The van der Waals surface area contributed by atoms with Crippen molar-refractivity contribution in [3.8, 4) is 5.88 Å². The molecule has 0 aromatic carbocycles. The van der Waals surface area contributed by atoms with Crippen molar-refractivity contribution in [2.24, 2.45) is 0 Å². The van der Waals surface area contributed by atoms with Crippen molar-refractivity contribution < 1.29 is 9.53 Å². The fourth-order valence-corrected chi connectivity index (χ4v) is 2.30. The number of likely N-dealkylation sites (tertiary alicyclic amines) is 1. The third kappa shape index (κ3) is 3.70. The normalized spacial score (nSPS) is 18.9. The maximum atomic E-state index is 11.8. The lowest BCUT2D eigenvalue weighted by molar-refractivity contribution is -0.130. The molecule has 18 heavy (non-hydrogen) atoms. The van der Waals surface area contributed by atoms with Gasteiger partial charge in [-0.05, 0) is 12.5 Å². The molecule has 1 atom stereocenters. The molecule has 0 aliphatic carbocycles. The van der Waals surface area contributed by atoms with Crippen LogP contribution in [-0.2, 0) is 4.79 Å². The number of carbonyl (C=O) groups is 1. The van der Waals surface area contributed by atoms with Gasteiger partial charge in [0.1, 0.15) is 6.10 Å². The Morgan fingerprint density at radius 1 is 1.56 bits per heavy atom. The molecule has 1 aromatic heterocycles. The third-order valence-corrected chi connectivity index (χ3v) is 3.51. The number of pyridine rings is 1. The minimum absolute atomic E-state index is 0.0767. The van der Waals surface area contributed by atoms with E-state index in [2.05, 4.69) is 20.9 Å². The van der Waals surface area contributed by atoms with Gasteiger partial charge < -0.3 is 9.64 Å². The first-order chi connectivity index (χ1) is 8.79. The number of hydrogen-bond acceptors (Lipinski definition) is 3. The van der Waals surface area contributed by atoms with E-state index in [0.29, 0.717) is 18.8 Å². The van der Waals surface area contributed by atoms with E-state index in [1.54, 1.807) is 6.20 Å². The van der Waals surface area contributed by atoms with Crippen molar-refractivity contribution in [3.63, 3.8) is 0 Å². The highest BCUT2D eigenvalue weighted by Gasteiger charge is 2.27. The van der Waals surface area contributed by atoms with E-state index in [0.717, 1.165) is 24.7 Å². The molecule has 1 aliphatic heterocycles. The molecular weight excluding hydrogens is 296 g/mol. The fourth-order valence-electron chi connectivity index (χ4n) is 2.01. The van der Waals surface area contributed by atoms with E-state index in [9.17, 15) is 4.79 Å². The molecule has 5 heteroatoms. The molecule has 1 fully saturated rings. The SMILES string of the molecule is O=C(CCCBr)N1CCC(Oc2ccccn2)C1.